The predicted octanol–water partition coefficient (Wildman–Crippen LogP) is 1.68. The summed E-state index contributed by atoms with van der Waals surface area (Å²) in [6.45, 7) is 9.65. The molecule has 0 heterocycles. The summed E-state index contributed by atoms with van der Waals surface area (Å²) < 4.78 is 25.3. The van der Waals surface area contributed by atoms with E-state index in [0.29, 0.717) is 24.9 Å². The highest BCUT2D eigenvalue weighted by atomic mass is 32.2. The van der Waals surface area contributed by atoms with Crippen LogP contribution < -0.4 is 5.32 Å². The highest BCUT2D eigenvalue weighted by Gasteiger charge is 2.18. The van der Waals surface area contributed by atoms with E-state index in [1.54, 1.807) is 7.05 Å². The average Bonchev–Trinajstić information content (AvgIpc) is 2.23. The third kappa shape index (κ3) is 7.73. The van der Waals surface area contributed by atoms with Crippen molar-refractivity contribution in [3.05, 3.63) is 0 Å². The Morgan fingerprint density at radius 1 is 1.24 bits per heavy atom. The van der Waals surface area contributed by atoms with Gasteiger partial charge in [0, 0.05) is 19.6 Å². The first-order chi connectivity index (χ1) is 7.79. The smallest absolute Gasteiger partial charge is 0.213 e. The second kappa shape index (κ2) is 8.06. The van der Waals surface area contributed by atoms with Crippen molar-refractivity contribution in [3.8, 4) is 0 Å². The van der Waals surface area contributed by atoms with Crippen molar-refractivity contribution < 1.29 is 8.42 Å². The molecule has 0 fully saturated rings. The van der Waals surface area contributed by atoms with Crippen LogP contribution in [0.15, 0.2) is 0 Å². The van der Waals surface area contributed by atoms with Crippen molar-refractivity contribution in [1.29, 1.82) is 0 Å². The molecule has 0 amide bonds. The summed E-state index contributed by atoms with van der Waals surface area (Å²) in [5.74, 6) is 0.656. The Morgan fingerprint density at radius 3 is 2.29 bits per heavy atom. The van der Waals surface area contributed by atoms with Gasteiger partial charge in [-0.3, -0.25) is 0 Å². The highest BCUT2D eigenvalue weighted by Crippen LogP contribution is 2.07. The SMILES string of the molecule is CCC(C)CN(C)S(=O)(=O)CCCNC(C)C. The molecule has 0 spiro atoms. The lowest BCUT2D eigenvalue weighted by atomic mass is 10.1. The lowest BCUT2D eigenvalue weighted by molar-refractivity contribution is 0.393. The molecule has 0 aromatic heterocycles. The number of nitrogens with zero attached hydrogens (tertiary/aromatic N) is 1. The van der Waals surface area contributed by atoms with Crippen LogP contribution in [0, 0.1) is 5.92 Å². The zero-order valence-corrected chi connectivity index (χ0v) is 12.7. The van der Waals surface area contributed by atoms with E-state index in [4.69, 9.17) is 0 Å². The number of nitrogens with one attached hydrogen (secondary N) is 1. The molecular weight excluding hydrogens is 236 g/mol. The first-order valence-electron chi connectivity index (χ1n) is 6.47. The molecule has 0 aliphatic carbocycles. The summed E-state index contributed by atoms with van der Waals surface area (Å²) in [5.41, 5.74) is 0. The van der Waals surface area contributed by atoms with Gasteiger partial charge in [-0.2, -0.15) is 0 Å². The van der Waals surface area contributed by atoms with Crippen molar-refractivity contribution in [3.63, 3.8) is 0 Å². The zero-order valence-electron chi connectivity index (χ0n) is 11.9. The molecule has 0 saturated heterocycles. The topological polar surface area (TPSA) is 49.4 Å². The first kappa shape index (κ1) is 16.9. The van der Waals surface area contributed by atoms with E-state index in [-0.39, 0.29) is 5.75 Å². The molecule has 0 radical (unpaired) electrons. The quantitative estimate of drug-likeness (QED) is 0.645. The van der Waals surface area contributed by atoms with Crippen LogP contribution in [-0.2, 0) is 10.0 Å². The molecule has 17 heavy (non-hydrogen) atoms. The van der Waals surface area contributed by atoms with Gasteiger partial charge in [-0.05, 0) is 18.9 Å². The van der Waals surface area contributed by atoms with E-state index in [1.807, 2.05) is 0 Å². The van der Waals surface area contributed by atoms with Gasteiger partial charge in [-0.1, -0.05) is 34.1 Å². The van der Waals surface area contributed by atoms with Gasteiger partial charge in [-0.25, -0.2) is 12.7 Å². The van der Waals surface area contributed by atoms with Crippen LogP contribution in [0.1, 0.15) is 40.5 Å². The van der Waals surface area contributed by atoms with Crippen LogP contribution in [0.3, 0.4) is 0 Å². The summed E-state index contributed by atoms with van der Waals surface area (Å²) in [6, 6.07) is 0.413. The van der Waals surface area contributed by atoms with Crippen LogP contribution >= 0.6 is 0 Å². The van der Waals surface area contributed by atoms with E-state index >= 15 is 0 Å². The number of sulfonamides is 1. The maximum atomic E-state index is 11.9. The normalized spacial score (nSPS) is 14.5. The molecule has 1 unspecified atom stereocenters. The Kier molecular flexibility index (Phi) is 8.00. The number of rotatable bonds is 9. The zero-order chi connectivity index (χ0) is 13.5. The van der Waals surface area contributed by atoms with E-state index in [1.165, 1.54) is 4.31 Å². The molecule has 0 aliphatic heterocycles. The van der Waals surface area contributed by atoms with Gasteiger partial charge in [0.2, 0.25) is 10.0 Å². The van der Waals surface area contributed by atoms with Gasteiger partial charge in [0.1, 0.15) is 0 Å². The predicted molar refractivity (Wildman–Crippen MR) is 73.6 cm³/mol. The third-order valence-electron chi connectivity index (χ3n) is 2.87. The Bertz CT molecular complexity index is 289. The van der Waals surface area contributed by atoms with E-state index in [2.05, 4.69) is 33.0 Å². The van der Waals surface area contributed by atoms with Gasteiger partial charge in [0.05, 0.1) is 5.75 Å². The van der Waals surface area contributed by atoms with Gasteiger partial charge in [0.15, 0.2) is 0 Å². The Morgan fingerprint density at radius 2 is 1.82 bits per heavy atom. The van der Waals surface area contributed by atoms with Crippen molar-refractivity contribution in [2.24, 2.45) is 5.92 Å². The Balaban J connectivity index is 4.01. The van der Waals surface area contributed by atoms with Crippen molar-refractivity contribution >= 4 is 10.0 Å². The minimum absolute atomic E-state index is 0.236. The monoisotopic (exact) mass is 264 g/mol. The summed E-state index contributed by atoms with van der Waals surface area (Å²) in [7, 11) is -1.39. The minimum Gasteiger partial charge on any atom is -0.314 e. The lowest BCUT2D eigenvalue weighted by Gasteiger charge is -2.20. The van der Waals surface area contributed by atoms with Gasteiger partial charge in [0.25, 0.3) is 0 Å². The molecule has 0 aromatic rings. The number of hydrogen-bond donors (Lipinski definition) is 1. The number of hydrogen-bond acceptors (Lipinski definition) is 3. The fourth-order valence-corrected chi connectivity index (χ4v) is 2.79. The standard InChI is InChI=1S/C12H28N2O2S/c1-6-12(4)10-14(5)17(15,16)9-7-8-13-11(2)3/h11-13H,6-10H2,1-5H3. The molecule has 0 bridgehead atoms. The molecular formula is C12H28N2O2S. The largest absolute Gasteiger partial charge is 0.314 e. The van der Waals surface area contributed by atoms with Crippen LogP contribution in [0.2, 0.25) is 0 Å². The maximum absolute atomic E-state index is 11.9. The van der Waals surface area contributed by atoms with Crippen LogP contribution in [0.25, 0.3) is 0 Å². The van der Waals surface area contributed by atoms with Crippen LogP contribution in [0.5, 0.6) is 0 Å². The van der Waals surface area contributed by atoms with Gasteiger partial charge >= 0.3 is 0 Å². The van der Waals surface area contributed by atoms with E-state index in [0.717, 1.165) is 13.0 Å². The molecule has 4 nitrogen and oxygen atoms in total. The van der Waals surface area contributed by atoms with Gasteiger partial charge < -0.3 is 5.32 Å². The van der Waals surface area contributed by atoms with Crippen molar-refractivity contribution in [2.45, 2.75) is 46.6 Å². The molecule has 0 saturated carbocycles. The third-order valence-corrected chi connectivity index (χ3v) is 4.78. The first-order valence-corrected chi connectivity index (χ1v) is 8.08. The second-order valence-corrected chi connectivity index (χ2v) is 7.27. The second-order valence-electron chi connectivity index (χ2n) is 5.07. The van der Waals surface area contributed by atoms with Crippen molar-refractivity contribution in [2.75, 3.05) is 25.9 Å². The molecule has 1 atom stereocenters. The highest BCUT2D eigenvalue weighted by molar-refractivity contribution is 7.89. The fraction of sp³-hybridized carbons (Fsp3) is 1.00. The Hall–Kier alpha value is -0.130. The molecule has 0 aromatic carbocycles. The van der Waals surface area contributed by atoms with Gasteiger partial charge in [-0.15, -0.1) is 0 Å². The van der Waals surface area contributed by atoms with E-state index < -0.39 is 10.0 Å². The minimum atomic E-state index is -3.07. The maximum Gasteiger partial charge on any atom is 0.213 e. The Labute approximate surface area is 107 Å². The summed E-state index contributed by atoms with van der Waals surface area (Å²) in [4.78, 5) is 0. The molecule has 1 N–H and O–H groups in total. The summed E-state index contributed by atoms with van der Waals surface area (Å²) in [6.07, 6.45) is 1.68. The van der Waals surface area contributed by atoms with Crippen LogP contribution in [-0.4, -0.2) is 44.7 Å². The average molecular weight is 264 g/mol. The molecule has 5 heteroatoms. The molecule has 0 rings (SSSR count). The molecule has 104 valence electrons. The molecule has 0 aliphatic rings. The summed E-state index contributed by atoms with van der Waals surface area (Å²) >= 11 is 0. The van der Waals surface area contributed by atoms with Crippen LogP contribution in [0.4, 0.5) is 0 Å². The lowest BCUT2D eigenvalue weighted by Crippen LogP contribution is -2.34. The van der Waals surface area contributed by atoms with Crippen molar-refractivity contribution in [1.82, 2.24) is 9.62 Å². The summed E-state index contributed by atoms with van der Waals surface area (Å²) in [5, 5.41) is 3.23. The van der Waals surface area contributed by atoms with E-state index in [9.17, 15) is 8.42 Å². The fourth-order valence-electron chi connectivity index (χ4n) is 1.48.